The lowest BCUT2D eigenvalue weighted by Gasteiger charge is -2.31. The summed E-state index contributed by atoms with van der Waals surface area (Å²) in [5.41, 5.74) is 3.18. The Morgan fingerprint density at radius 2 is 1.80 bits per heavy atom. The van der Waals surface area contributed by atoms with E-state index >= 15 is 0 Å². The first-order chi connectivity index (χ1) is 14.0. The highest BCUT2D eigenvalue weighted by molar-refractivity contribution is 7.92. The highest BCUT2D eigenvalue weighted by Gasteiger charge is 2.32. The van der Waals surface area contributed by atoms with E-state index in [0.29, 0.717) is 22.9 Å². The minimum Gasteiger partial charge on any atom is -0.492 e. The van der Waals surface area contributed by atoms with Crippen LogP contribution in [-0.4, -0.2) is 39.8 Å². The molecule has 1 N–H and O–H groups in total. The highest BCUT2D eigenvalue weighted by Crippen LogP contribution is 2.27. The summed E-state index contributed by atoms with van der Waals surface area (Å²) < 4.78 is 32.0. The fourth-order valence-corrected chi connectivity index (χ4v) is 4.55. The van der Waals surface area contributed by atoms with Crippen molar-refractivity contribution in [3.8, 4) is 5.75 Å². The predicted octanol–water partition coefficient (Wildman–Crippen LogP) is 4.01. The van der Waals surface area contributed by atoms with Gasteiger partial charge >= 0.3 is 0 Å². The van der Waals surface area contributed by atoms with Crippen molar-refractivity contribution in [2.75, 3.05) is 23.7 Å². The van der Waals surface area contributed by atoms with Crippen molar-refractivity contribution in [2.24, 2.45) is 0 Å². The van der Waals surface area contributed by atoms with Crippen LogP contribution in [0.1, 0.15) is 30.0 Å². The molecule has 0 radical (unpaired) electrons. The average Bonchev–Trinajstić information content (AvgIpc) is 2.67. The molecule has 0 heterocycles. The van der Waals surface area contributed by atoms with Crippen molar-refractivity contribution in [1.29, 1.82) is 0 Å². The lowest BCUT2D eigenvalue weighted by Crippen LogP contribution is -2.50. The van der Waals surface area contributed by atoms with E-state index in [2.05, 4.69) is 5.32 Å². The Hall–Kier alpha value is -2.25. The first kappa shape index (κ1) is 24.0. The van der Waals surface area contributed by atoms with Crippen molar-refractivity contribution in [2.45, 2.75) is 40.2 Å². The fraction of sp³-hybridized carbons (Fsp3) is 0.409. The molecule has 0 aromatic heterocycles. The third kappa shape index (κ3) is 6.12. The van der Waals surface area contributed by atoms with Gasteiger partial charge in [0.25, 0.3) is 0 Å². The maximum absolute atomic E-state index is 12.8. The normalized spacial score (nSPS) is 12.3. The molecule has 0 bridgehead atoms. The molecular weight excluding hydrogens is 424 g/mol. The van der Waals surface area contributed by atoms with Crippen LogP contribution < -0.4 is 14.4 Å². The first-order valence-corrected chi connectivity index (χ1v) is 12.0. The van der Waals surface area contributed by atoms with E-state index < -0.39 is 16.1 Å². The molecule has 0 fully saturated rings. The molecule has 0 aliphatic rings. The quantitative estimate of drug-likeness (QED) is 0.583. The van der Waals surface area contributed by atoms with Crippen LogP contribution in [0.5, 0.6) is 5.75 Å². The number of ether oxygens (including phenoxy) is 1. The number of carbonyl (C=O) groups excluding carboxylic acids is 1. The SMILES string of the molecule is CCC(C(=O)NCCOc1ccc(C)c(Cl)c1)N(c1cc(C)ccc1C)S(C)(=O)=O. The summed E-state index contributed by atoms with van der Waals surface area (Å²) in [5.74, 6) is 0.245. The van der Waals surface area contributed by atoms with Gasteiger partial charge in [0.1, 0.15) is 18.4 Å². The van der Waals surface area contributed by atoms with Crippen LogP contribution in [0.2, 0.25) is 5.02 Å². The molecule has 0 aliphatic carbocycles. The van der Waals surface area contributed by atoms with Crippen LogP contribution >= 0.6 is 11.6 Å². The van der Waals surface area contributed by atoms with Gasteiger partial charge in [-0.15, -0.1) is 0 Å². The van der Waals surface area contributed by atoms with Crippen molar-refractivity contribution in [1.82, 2.24) is 5.32 Å². The number of anilines is 1. The second-order valence-corrected chi connectivity index (χ2v) is 9.59. The monoisotopic (exact) mass is 452 g/mol. The molecule has 164 valence electrons. The third-order valence-corrected chi connectivity index (χ3v) is 6.32. The smallest absolute Gasteiger partial charge is 0.244 e. The number of nitrogens with one attached hydrogen (secondary N) is 1. The Kier molecular flexibility index (Phi) is 8.15. The molecule has 1 atom stereocenters. The second-order valence-electron chi connectivity index (χ2n) is 7.32. The number of sulfonamides is 1. The van der Waals surface area contributed by atoms with Crippen LogP contribution in [-0.2, 0) is 14.8 Å². The van der Waals surface area contributed by atoms with Crippen molar-refractivity contribution >= 4 is 33.2 Å². The molecule has 2 aromatic rings. The Labute approximate surface area is 184 Å². The van der Waals surface area contributed by atoms with E-state index in [-0.39, 0.29) is 19.1 Å². The van der Waals surface area contributed by atoms with Crippen molar-refractivity contribution in [3.05, 3.63) is 58.1 Å². The molecule has 0 saturated heterocycles. The number of nitrogens with zero attached hydrogens (tertiary/aromatic N) is 1. The zero-order chi connectivity index (χ0) is 22.5. The average molecular weight is 453 g/mol. The van der Waals surface area contributed by atoms with Gasteiger partial charge < -0.3 is 10.1 Å². The molecule has 2 aromatic carbocycles. The number of hydrogen-bond acceptors (Lipinski definition) is 4. The summed E-state index contributed by atoms with van der Waals surface area (Å²) >= 11 is 6.08. The summed E-state index contributed by atoms with van der Waals surface area (Å²) in [7, 11) is -3.67. The standard InChI is InChI=1S/C22H29ClN2O4S/c1-6-20(25(30(5,27)28)21-13-15(2)7-8-17(21)4)22(26)24-11-12-29-18-10-9-16(3)19(23)14-18/h7-10,13-14,20H,6,11-12H2,1-5H3,(H,24,26). The minimum atomic E-state index is -3.67. The molecule has 8 heteroatoms. The predicted molar refractivity (Wildman–Crippen MR) is 122 cm³/mol. The van der Waals surface area contributed by atoms with Gasteiger partial charge in [-0.25, -0.2) is 8.42 Å². The highest BCUT2D eigenvalue weighted by atomic mass is 35.5. The lowest BCUT2D eigenvalue weighted by molar-refractivity contribution is -0.122. The van der Waals surface area contributed by atoms with Gasteiger partial charge in [-0.2, -0.15) is 0 Å². The van der Waals surface area contributed by atoms with Gasteiger partial charge in [0.15, 0.2) is 0 Å². The number of carbonyl (C=O) groups is 1. The molecule has 0 spiro atoms. The Morgan fingerprint density at radius 1 is 1.13 bits per heavy atom. The molecule has 6 nitrogen and oxygen atoms in total. The Morgan fingerprint density at radius 3 is 2.40 bits per heavy atom. The zero-order valence-electron chi connectivity index (χ0n) is 18.0. The molecule has 0 saturated carbocycles. The van der Waals surface area contributed by atoms with Gasteiger partial charge in [0.05, 0.1) is 18.5 Å². The third-order valence-electron chi connectivity index (χ3n) is 4.75. The summed E-state index contributed by atoms with van der Waals surface area (Å²) in [6.07, 6.45) is 1.45. The van der Waals surface area contributed by atoms with E-state index in [1.165, 1.54) is 4.31 Å². The molecule has 2 rings (SSSR count). The first-order valence-electron chi connectivity index (χ1n) is 9.78. The van der Waals surface area contributed by atoms with Gasteiger partial charge in [0, 0.05) is 5.02 Å². The van der Waals surface area contributed by atoms with Crippen LogP contribution in [0, 0.1) is 20.8 Å². The number of hydrogen-bond donors (Lipinski definition) is 1. The number of amides is 1. The van der Waals surface area contributed by atoms with Gasteiger partial charge in [-0.3, -0.25) is 9.10 Å². The molecular formula is C22H29ClN2O4S. The number of benzene rings is 2. The summed E-state index contributed by atoms with van der Waals surface area (Å²) in [4.78, 5) is 12.8. The summed E-state index contributed by atoms with van der Waals surface area (Å²) in [5, 5.41) is 3.39. The topological polar surface area (TPSA) is 75.7 Å². The van der Waals surface area contributed by atoms with Gasteiger partial charge in [0.2, 0.25) is 15.9 Å². The molecule has 1 amide bonds. The van der Waals surface area contributed by atoms with Gasteiger partial charge in [-0.1, -0.05) is 36.7 Å². The van der Waals surface area contributed by atoms with Crippen LogP contribution in [0.4, 0.5) is 5.69 Å². The van der Waals surface area contributed by atoms with E-state index in [1.807, 2.05) is 45.0 Å². The van der Waals surface area contributed by atoms with Crippen LogP contribution in [0.25, 0.3) is 0 Å². The largest absolute Gasteiger partial charge is 0.492 e. The van der Waals surface area contributed by atoms with E-state index in [9.17, 15) is 13.2 Å². The maximum atomic E-state index is 12.8. The Bertz CT molecular complexity index is 1010. The molecule has 30 heavy (non-hydrogen) atoms. The summed E-state index contributed by atoms with van der Waals surface area (Å²) in [6, 6.07) is 10.1. The number of aryl methyl sites for hydroxylation is 3. The van der Waals surface area contributed by atoms with Crippen LogP contribution in [0.3, 0.4) is 0 Å². The summed E-state index contributed by atoms with van der Waals surface area (Å²) in [6.45, 7) is 7.89. The van der Waals surface area contributed by atoms with E-state index in [0.717, 1.165) is 22.9 Å². The zero-order valence-corrected chi connectivity index (χ0v) is 19.6. The fourth-order valence-electron chi connectivity index (χ4n) is 3.12. The number of halogens is 1. The van der Waals surface area contributed by atoms with Crippen molar-refractivity contribution in [3.63, 3.8) is 0 Å². The molecule has 1 unspecified atom stereocenters. The Balaban J connectivity index is 2.10. The van der Waals surface area contributed by atoms with Gasteiger partial charge in [-0.05, 0) is 62.1 Å². The number of rotatable bonds is 9. The van der Waals surface area contributed by atoms with Crippen LogP contribution in [0.15, 0.2) is 36.4 Å². The van der Waals surface area contributed by atoms with E-state index in [4.69, 9.17) is 16.3 Å². The minimum absolute atomic E-state index is 0.240. The molecule has 0 aliphatic heterocycles. The second kappa shape index (κ2) is 10.2. The maximum Gasteiger partial charge on any atom is 0.244 e. The lowest BCUT2D eigenvalue weighted by atomic mass is 10.1. The van der Waals surface area contributed by atoms with Crippen molar-refractivity contribution < 1.29 is 17.9 Å². The van der Waals surface area contributed by atoms with E-state index in [1.54, 1.807) is 19.1 Å².